The van der Waals surface area contributed by atoms with Gasteiger partial charge in [0.25, 0.3) is 0 Å². The smallest absolute Gasteiger partial charge is 0.150 e. The topological polar surface area (TPSA) is 91.2 Å². The van der Waals surface area contributed by atoms with E-state index in [0.717, 1.165) is 55.7 Å². The summed E-state index contributed by atoms with van der Waals surface area (Å²) in [7, 11) is 0. The highest BCUT2D eigenvalue weighted by molar-refractivity contribution is 14.0. The molecule has 2 N–H and O–H groups in total. The Kier molecular flexibility index (Phi) is 44.2. The van der Waals surface area contributed by atoms with Gasteiger partial charge in [0.15, 0.2) is 0 Å². The molecular weight excluding hydrogens is 1250 g/mol. The zero-order valence-corrected chi connectivity index (χ0v) is 48.6. The molecule has 0 radical (unpaired) electrons. The number of halogens is 3. The first-order valence-corrected chi connectivity index (χ1v) is 28.1. The molecule has 11 rings (SSSR count). The first kappa shape index (κ1) is 74.8. The van der Waals surface area contributed by atoms with Crippen LogP contribution in [0.4, 0.5) is 0 Å². The van der Waals surface area contributed by atoms with Gasteiger partial charge in [-0.25, -0.2) is 0 Å². The number of nitrogens with zero attached hydrogens (tertiary/aromatic N) is 4. The number of hydrogen-bond acceptors (Lipinski definition) is 12. The van der Waals surface area contributed by atoms with Crippen LogP contribution in [0.25, 0.3) is 0 Å². The number of nitrogens with one attached hydrogen (secondary N) is 1. The normalized spacial score (nSPS) is 12.0. The summed E-state index contributed by atoms with van der Waals surface area (Å²) < 4.78 is 1.20. The summed E-state index contributed by atoms with van der Waals surface area (Å²) in [6.07, 6.45) is 21.0. The molecule has 0 saturated heterocycles. The van der Waals surface area contributed by atoms with Gasteiger partial charge >= 0.3 is 0 Å². The van der Waals surface area contributed by atoms with Crippen LogP contribution < -0.4 is 5.32 Å². The summed E-state index contributed by atoms with van der Waals surface area (Å²) in [4.78, 5) is 29.5. The molecule has 0 spiro atoms. The number of carbonyl (C=O) groups is 1. The molecule has 1 aromatic carbocycles. The molecule has 0 amide bonds. The van der Waals surface area contributed by atoms with Crippen LogP contribution in [0.2, 0.25) is 0 Å². The highest BCUT2D eigenvalue weighted by Gasteiger charge is 2.13. The Balaban J connectivity index is -0.000000872. The molecule has 15 heteroatoms. The second-order valence-electron chi connectivity index (χ2n) is 15.8. The van der Waals surface area contributed by atoms with E-state index in [0.29, 0.717) is 5.56 Å². The Bertz CT molecular complexity index is 2740. The van der Waals surface area contributed by atoms with Crippen LogP contribution in [-0.4, -0.2) is 57.4 Å². The van der Waals surface area contributed by atoms with Crippen molar-refractivity contribution in [3.05, 3.63) is 260 Å². The molecule has 2 aliphatic heterocycles. The molecule has 9 aromatic rings. The second-order valence-corrected chi connectivity index (χ2v) is 22.2. The van der Waals surface area contributed by atoms with Crippen LogP contribution in [0.15, 0.2) is 219 Å². The van der Waals surface area contributed by atoms with Crippen molar-refractivity contribution >= 4 is 115 Å². The summed E-state index contributed by atoms with van der Waals surface area (Å²) in [5.74, 6) is 0. The summed E-state index contributed by atoms with van der Waals surface area (Å²) in [5, 5.41) is 23.6. The monoisotopic (exact) mass is 1330 g/mol. The van der Waals surface area contributed by atoms with Gasteiger partial charge in [-0.05, 0) is 146 Å². The Morgan fingerprint density at radius 1 is 0.584 bits per heavy atom. The maximum absolute atomic E-state index is 9.98. The lowest BCUT2D eigenvalue weighted by Crippen LogP contribution is -2.28. The third-order valence-corrected chi connectivity index (χ3v) is 15.7. The Morgan fingerprint density at radius 2 is 1.09 bits per heavy atom. The van der Waals surface area contributed by atoms with Crippen molar-refractivity contribution in [1.82, 2.24) is 25.2 Å². The number of carbonyl (C=O) groups excluding carboxylic acids is 1. The molecule has 1 atom stereocenters. The van der Waals surface area contributed by atoms with E-state index in [9.17, 15) is 9.90 Å². The fourth-order valence-corrected chi connectivity index (χ4v) is 10.9. The number of hydrogen-bond donors (Lipinski definition) is 2. The van der Waals surface area contributed by atoms with E-state index >= 15 is 0 Å². The number of aliphatic hydroxyl groups excluding tert-OH is 1. The van der Waals surface area contributed by atoms with Crippen LogP contribution in [0.5, 0.6) is 0 Å². The third kappa shape index (κ3) is 30.6. The van der Waals surface area contributed by atoms with Gasteiger partial charge in [0.05, 0.1) is 3.79 Å². The van der Waals surface area contributed by atoms with Crippen LogP contribution in [-0.2, 0) is 25.8 Å². The van der Waals surface area contributed by atoms with Crippen molar-refractivity contribution in [3.63, 3.8) is 0 Å². The van der Waals surface area contributed by atoms with Crippen molar-refractivity contribution in [2.75, 3.05) is 26.2 Å². The second kappa shape index (κ2) is 45.6. The van der Waals surface area contributed by atoms with Crippen LogP contribution >= 0.6 is 109 Å². The number of rotatable bonds is 11. The van der Waals surface area contributed by atoms with E-state index in [-0.39, 0.29) is 74.9 Å². The quantitative estimate of drug-likeness (QED) is 0.0757. The molecule has 0 saturated carbocycles. The van der Waals surface area contributed by atoms with Gasteiger partial charge < -0.3 is 10.4 Å². The molecule has 10 heterocycles. The minimum Gasteiger partial charge on any atom is -0.383 e. The minimum absolute atomic E-state index is 0. The summed E-state index contributed by atoms with van der Waals surface area (Å²) in [6.45, 7) is 5.56. The largest absolute Gasteiger partial charge is 0.383 e. The van der Waals surface area contributed by atoms with E-state index in [4.69, 9.17) is 0 Å². The van der Waals surface area contributed by atoms with Crippen LogP contribution in [0.1, 0.15) is 104 Å². The van der Waals surface area contributed by atoms with Gasteiger partial charge in [-0.3, -0.25) is 24.6 Å². The summed E-state index contributed by atoms with van der Waals surface area (Å²) >= 11 is 12.1. The van der Waals surface area contributed by atoms with Gasteiger partial charge in [-0.2, -0.15) is 0 Å². The molecular formula is C62H82BrClIN5O2S5. The van der Waals surface area contributed by atoms with E-state index in [1.807, 2.05) is 82.2 Å². The molecule has 0 bridgehead atoms. The minimum atomic E-state index is -0.511. The first-order chi connectivity index (χ1) is 34.5. The van der Waals surface area contributed by atoms with E-state index in [1.165, 1.54) is 55.4 Å². The number of aliphatic hydroxyl groups is 1. The van der Waals surface area contributed by atoms with Gasteiger partial charge in [0.1, 0.15) is 12.4 Å². The standard InChI is InChI=1S/C17H19NS.C10H9NOS.C10H13NS.C10H9NS.C6H5NO.C4H3BrS.5CH4.ClH.HI.H2/c1-2-5-16(6-3-1)14-18-10-8-15(9-11-18)13-17-7-4-12-19-17;12-10(9-2-1-7-13-9)8-3-5-11-6-4-8;2*1-2-10(12-7-1)8-9-3-5-11-6-4-9;8-5-6-1-3-7-4-2-6;5-4-2-1-3-6-4;;;;;;;;/h1-8,12H,9-11,13-14H2;1-7,10,12H;1-3,7,11H,4-6,8H2;1-7H,8H2;1-5H;1-3H;5*1H4;3*1H. The van der Waals surface area contributed by atoms with Crippen molar-refractivity contribution in [2.24, 2.45) is 0 Å². The summed E-state index contributed by atoms with van der Waals surface area (Å²) in [6, 6.07) is 42.7. The maximum atomic E-state index is 9.98. The molecule has 1 unspecified atom stereocenters. The van der Waals surface area contributed by atoms with Gasteiger partial charge in [0, 0.05) is 109 Å². The van der Waals surface area contributed by atoms with Crippen molar-refractivity contribution < 1.29 is 11.3 Å². The number of thiophene rings is 5. The number of benzene rings is 1. The molecule has 418 valence electrons. The molecule has 8 aromatic heterocycles. The molecule has 7 nitrogen and oxygen atoms in total. The lowest BCUT2D eigenvalue weighted by Gasteiger charge is -2.26. The van der Waals surface area contributed by atoms with Crippen LogP contribution in [0.3, 0.4) is 0 Å². The Labute approximate surface area is 515 Å². The van der Waals surface area contributed by atoms with Crippen molar-refractivity contribution in [3.8, 4) is 0 Å². The van der Waals surface area contributed by atoms with Crippen molar-refractivity contribution in [2.45, 2.75) is 81.9 Å². The lowest BCUT2D eigenvalue weighted by atomic mass is 10.0. The van der Waals surface area contributed by atoms with Gasteiger partial charge in [-0.15, -0.1) is 93.1 Å². The van der Waals surface area contributed by atoms with Crippen LogP contribution in [0, 0.1) is 0 Å². The molecule has 77 heavy (non-hydrogen) atoms. The number of aldehydes is 1. The zero-order chi connectivity index (χ0) is 48.7. The summed E-state index contributed by atoms with van der Waals surface area (Å²) in [5.41, 5.74) is 7.49. The predicted molar refractivity (Wildman–Crippen MR) is 360 cm³/mol. The number of aromatic nitrogens is 3. The zero-order valence-electron chi connectivity index (χ0n) is 39.7. The maximum Gasteiger partial charge on any atom is 0.150 e. The lowest BCUT2D eigenvalue weighted by molar-refractivity contribution is 0.112. The highest BCUT2D eigenvalue weighted by Crippen LogP contribution is 2.25. The average Bonchev–Trinajstić information content (AvgIpc) is 4.30. The molecule has 0 fully saturated rings. The first-order valence-electron chi connectivity index (χ1n) is 22.9. The Hall–Kier alpha value is -4.30. The fourth-order valence-electron chi connectivity index (χ4n) is 6.98. The third-order valence-electron chi connectivity index (χ3n) is 10.6. The molecule has 0 aliphatic carbocycles. The Morgan fingerprint density at radius 3 is 1.52 bits per heavy atom. The van der Waals surface area contributed by atoms with Gasteiger partial charge in [0.2, 0.25) is 0 Å². The van der Waals surface area contributed by atoms with Crippen molar-refractivity contribution in [1.29, 1.82) is 0 Å². The van der Waals surface area contributed by atoms with Gasteiger partial charge in [-0.1, -0.05) is 121 Å². The van der Waals surface area contributed by atoms with E-state index < -0.39 is 6.10 Å². The van der Waals surface area contributed by atoms with E-state index in [2.05, 4.69) is 148 Å². The fraction of sp³-hybridized carbons (Fsp3) is 0.258. The van der Waals surface area contributed by atoms with E-state index in [1.54, 1.807) is 82.1 Å². The average molecular weight is 1330 g/mol. The molecule has 2 aliphatic rings. The highest BCUT2D eigenvalue weighted by atomic mass is 127. The number of pyridine rings is 3. The predicted octanol–water partition coefficient (Wildman–Crippen LogP) is 19.2. The SMILES string of the molecule is Brc1cccs1.C.C.C.C.C.C1=C(Cc2cccs2)CCN(Cc2ccccc2)C1.C1=C(Cc2cccs2)CCNC1.Cl.I.O=Cc1ccncc1.OC(c1ccncc1)c1cccs1.[HH].c1csc(Cc2ccncc2)c1.